The highest BCUT2D eigenvalue weighted by Gasteiger charge is 2.55. The first-order valence-electron chi connectivity index (χ1n) is 10.9. The normalized spacial score (nSPS) is 19.2. The number of methoxy groups -OCH3 is 1. The van der Waals surface area contributed by atoms with Crippen LogP contribution in [0.15, 0.2) is 54.6 Å². The van der Waals surface area contributed by atoms with Gasteiger partial charge in [-0.2, -0.15) is 0 Å². The minimum atomic E-state index is -1.06. The van der Waals surface area contributed by atoms with E-state index in [1.807, 2.05) is 66.9 Å². The number of ether oxygens (including phenoxy) is 1. The molecule has 0 radical (unpaired) electrons. The minimum absolute atomic E-state index is 0.269. The highest BCUT2D eigenvalue weighted by atomic mass is 16.5. The molecule has 7 nitrogen and oxygen atoms in total. The van der Waals surface area contributed by atoms with Crippen molar-refractivity contribution in [2.24, 2.45) is 0 Å². The lowest BCUT2D eigenvalue weighted by Crippen LogP contribution is -2.42. The Kier molecular flexibility index (Phi) is 4.85. The highest BCUT2D eigenvalue weighted by molar-refractivity contribution is 6.12. The van der Waals surface area contributed by atoms with Crippen molar-refractivity contribution in [2.75, 3.05) is 13.7 Å². The number of amides is 3. The van der Waals surface area contributed by atoms with Crippen molar-refractivity contribution in [3.05, 3.63) is 82.7 Å². The maximum Gasteiger partial charge on any atom is 0.325 e. The van der Waals surface area contributed by atoms with Gasteiger partial charge in [0.15, 0.2) is 5.78 Å². The number of rotatable bonds is 5. The van der Waals surface area contributed by atoms with Crippen LogP contribution in [-0.2, 0) is 16.8 Å². The smallest absolute Gasteiger partial charge is 0.325 e. The van der Waals surface area contributed by atoms with Crippen LogP contribution in [0, 0.1) is 13.8 Å². The molecule has 1 atom stereocenters. The number of urea groups is 1. The van der Waals surface area contributed by atoms with Crippen LogP contribution < -0.4 is 10.1 Å². The Bertz CT molecular complexity index is 1290. The van der Waals surface area contributed by atoms with E-state index in [0.717, 1.165) is 38.9 Å². The van der Waals surface area contributed by atoms with E-state index < -0.39 is 11.6 Å². The summed E-state index contributed by atoms with van der Waals surface area (Å²) in [5, 5.41) is 2.88. The Morgan fingerprint density at radius 1 is 1.09 bits per heavy atom. The third-order valence-corrected chi connectivity index (χ3v) is 6.79. The van der Waals surface area contributed by atoms with E-state index in [0.29, 0.717) is 18.4 Å². The number of carbonyl (C=O) groups excluding carboxylic acids is 3. The van der Waals surface area contributed by atoms with E-state index in [-0.39, 0.29) is 18.2 Å². The van der Waals surface area contributed by atoms with Gasteiger partial charge in [-0.15, -0.1) is 0 Å². The molecule has 168 valence electrons. The number of ketones is 1. The molecule has 3 amide bonds. The molecule has 2 aromatic carbocycles. The second-order valence-electron chi connectivity index (χ2n) is 8.63. The molecule has 33 heavy (non-hydrogen) atoms. The molecule has 1 aliphatic carbocycles. The summed E-state index contributed by atoms with van der Waals surface area (Å²) in [5.41, 5.74) is 3.87. The van der Waals surface area contributed by atoms with Gasteiger partial charge in [0, 0.05) is 22.6 Å². The Hall–Kier alpha value is -3.87. The molecule has 1 aliphatic heterocycles. The summed E-state index contributed by atoms with van der Waals surface area (Å²) in [6, 6.07) is 16.5. The third-order valence-electron chi connectivity index (χ3n) is 6.79. The zero-order chi connectivity index (χ0) is 23.3. The molecule has 0 bridgehead atoms. The summed E-state index contributed by atoms with van der Waals surface area (Å²) < 4.78 is 7.21. The van der Waals surface area contributed by atoms with E-state index in [9.17, 15) is 14.4 Å². The van der Waals surface area contributed by atoms with Crippen LogP contribution in [0.2, 0.25) is 0 Å². The minimum Gasteiger partial charge on any atom is -0.497 e. The highest BCUT2D eigenvalue weighted by Crippen LogP contribution is 2.41. The lowest BCUT2D eigenvalue weighted by Gasteiger charge is -2.22. The number of aryl methyl sites for hydroxylation is 2. The van der Waals surface area contributed by atoms with Crippen LogP contribution in [0.25, 0.3) is 5.69 Å². The van der Waals surface area contributed by atoms with Gasteiger partial charge in [0.1, 0.15) is 11.3 Å². The van der Waals surface area contributed by atoms with Crippen molar-refractivity contribution >= 4 is 17.7 Å². The number of hydrogen-bond acceptors (Lipinski definition) is 4. The third kappa shape index (κ3) is 3.15. The monoisotopic (exact) mass is 443 g/mol. The predicted molar refractivity (Wildman–Crippen MR) is 123 cm³/mol. The fourth-order valence-corrected chi connectivity index (χ4v) is 5.14. The molecule has 0 saturated carbocycles. The predicted octanol–water partition coefficient (Wildman–Crippen LogP) is 3.68. The summed E-state index contributed by atoms with van der Waals surface area (Å²) in [4.78, 5) is 40.5. The largest absolute Gasteiger partial charge is 0.497 e. The number of aromatic nitrogens is 1. The number of carbonyl (C=O) groups is 3. The van der Waals surface area contributed by atoms with Gasteiger partial charge >= 0.3 is 6.03 Å². The van der Waals surface area contributed by atoms with Gasteiger partial charge in [-0.25, -0.2) is 4.79 Å². The lowest BCUT2D eigenvalue weighted by atomic mass is 9.92. The summed E-state index contributed by atoms with van der Waals surface area (Å²) in [6.45, 7) is 3.50. The van der Waals surface area contributed by atoms with Crippen molar-refractivity contribution in [2.45, 2.75) is 32.2 Å². The van der Waals surface area contributed by atoms with Crippen molar-refractivity contribution in [3.8, 4) is 11.4 Å². The van der Waals surface area contributed by atoms with E-state index in [2.05, 4.69) is 5.32 Å². The molecular formula is C26H25N3O4. The zero-order valence-corrected chi connectivity index (χ0v) is 18.8. The average Bonchev–Trinajstić information content (AvgIpc) is 3.42. The summed E-state index contributed by atoms with van der Waals surface area (Å²) in [6.07, 6.45) is 1.22. The molecular weight excluding hydrogens is 418 g/mol. The fourth-order valence-electron chi connectivity index (χ4n) is 5.14. The Labute approximate surface area is 192 Å². The van der Waals surface area contributed by atoms with Crippen LogP contribution in [0.1, 0.15) is 39.3 Å². The van der Waals surface area contributed by atoms with E-state index >= 15 is 0 Å². The van der Waals surface area contributed by atoms with Crippen molar-refractivity contribution in [1.29, 1.82) is 0 Å². The first-order valence-corrected chi connectivity index (χ1v) is 10.9. The number of Topliss-reactive ketones (excluding diaryl/α,β-unsaturated/α-hetero) is 1. The van der Waals surface area contributed by atoms with Gasteiger partial charge < -0.3 is 14.6 Å². The second kappa shape index (κ2) is 7.62. The van der Waals surface area contributed by atoms with E-state index in [1.54, 1.807) is 13.2 Å². The second-order valence-corrected chi connectivity index (χ2v) is 8.63. The van der Waals surface area contributed by atoms with Gasteiger partial charge in [-0.1, -0.05) is 24.3 Å². The number of benzene rings is 2. The number of fused-ring (bicyclic) bond motifs is 2. The molecule has 1 saturated heterocycles. The van der Waals surface area contributed by atoms with Gasteiger partial charge in [-0.05, 0) is 68.1 Å². The van der Waals surface area contributed by atoms with E-state index in [1.165, 1.54) is 0 Å². The Morgan fingerprint density at radius 2 is 1.82 bits per heavy atom. The Balaban J connectivity index is 1.41. The lowest BCUT2D eigenvalue weighted by molar-refractivity contribution is -0.131. The standard InChI is InChI=1S/C26H25N3O4/c1-16-14-21(17(2)29(16)19-8-10-20(33-3)11-9-19)23(30)15-28-24(31)26(27-25(28)32)13-12-18-6-4-5-7-22(18)26/h4-11,14H,12-13,15H2,1-3H3,(H,27,32)/t26-/m0/s1. The fraction of sp³-hybridized carbons (Fsp3) is 0.269. The summed E-state index contributed by atoms with van der Waals surface area (Å²) in [5.74, 6) is 0.128. The van der Waals surface area contributed by atoms with Crippen LogP contribution in [-0.4, -0.2) is 40.8 Å². The molecule has 3 aromatic rings. The SMILES string of the molecule is COc1ccc(-n2c(C)cc(C(=O)CN3C(=O)N[C@]4(CCc5ccccc54)C3=O)c2C)cc1. The van der Waals surface area contributed by atoms with Crippen molar-refractivity contribution < 1.29 is 19.1 Å². The van der Waals surface area contributed by atoms with Crippen molar-refractivity contribution in [1.82, 2.24) is 14.8 Å². The van der Waals surface area contributed by atoms with E-state index in [4.69, 9.17) is 4.74 Å². The first kappa shape index (κ1) is 21.0. The first-order chi connectivity index (χ1) is 15.9. The average molecular weight is 444 g/mol. The summed E-state index contributed by atoms with van der Waals surface area (Å²) >= 11 is 0. The number of imide groups is 1. The number of nitrogens with one attached hydrogen (secondary N) is 1. The van der Waals surface area contributed by atoms with Gasteiger partial charge in [0.25, 0.3) is 5.91 Å². The molecule has 1 spiro atoms. The molecule has 5 rings (SSSR count). The molecule has 2 aliphatic rings. The molecule has 2 heterocycles. The molecule has 7 heteroatoms. The number of nitrogens with zero attached hydrogens (tertiary/aromatic N) is 2. The molecule has 1 aromatic heterocycles. The summed E-state index contributed by atoms with van der Waals surface area (Å²) in [7, 11) is 1.61. The zero-order valence-electron chi connectivity index (χ0n) is 18.8. The molecule has 1 N–H and O–H groups in total. The molecule has 1 fully saturated rings. The Morgan fingerprint density at radius 3 is 2.55 bits per heavy atom. The molecule has 0 unspecified atom stereocenters. The van der Waals surface area contributed by atoms with Crippen LogP contribution in [0.4, 0.5) is 4.79 Å². The quantitative estimate of drug-likeness (QED) is 0.482. The van der Waals surface area contributed by atoms with Gasteiger partial charge in [0.05, 0.1) is 13.7 Å². The van der Waals surface area contributed by atoms with Crippen molar-refractivity contribution in [3.63, 3.8) is 0 Å². The van der Waals surface area contributed by atoms with Crippen LogP contribution in [0.5, 0.6) is 5.75 Å². The maximum atomic E-state index is 13.4. The van der Waals surface area contributed by atoms with Gasteiger partial charge in [-0.3, -0.25) is 14.5 Å². The number of hydrogen-bond donors (Lipinski definition) is 1. The maximum absolute atomic E-state index is 13.4. The van der Waals surface area contributed by atoms with Gasteiger partial charge in [0.2, 0.25) is 0 Å². The van der Waals surface area contributed by atoms with Crippen LogP contribution in [0.3, 0.4) is 0 Å². The topological polar surface area (TPSA) is 80.6 Å². The van der Waals surface area contributed by atoms with Crippen LogP contribution >= 0.6 is 0 Å².